The van der Waals surface area contributed by atoms with Crippen molar-refractivity contribution in [3.05, 3.63) is 21.9 Å². The van der Waals surface area contributed by atoms with Gasteiger partial charge in [0, 0.05) is 13.1 Å². The summed E-state index contributed by atoms with van der Waals surface area (Å²) in [5.41, 5.74) is 11.2. The molecule has 0 saturated heterocycles. The van der Waals surface area contributed by atoms with Crippen LogP contribution < -0.4 is 16.8 Å². The highest BCUT2D eigenvalue weighted by Gasteiger charge is 2.23. The minimum atomic E-state index is -0.549. The van der Waals surface area contributed by atoms with Crippen molar-refractivity contribution < 1.29 is 4.92 Å². The van der Waals surface area contributed by atoms with Crippen molar-refractivity contribution in [1.29, 1.82) is 0 Å². The molecule has 11 heteroatoms. The van der Waals surface area contributed by atoms with Gasteiger partial charge in [-0.25, -0.2) is 15.0 Å². The monoisotopic (exact) mass is 308 g/mol. The molecule has 0 fully saturated rings. The van der Waals surface area contributed by atoms with Crippen molar-refractivity contribution in [3.8, 4) is 0 Å². The standard InChI is InChI=1S/C10H12N8O2S/c1-4-7(18(19)20)8(17-9(13-2)14-4)21-10-15-5(11)3-6(12)16-10/h3H,1-2H3,(H,13,14,17)(H4,11,12,15,16). The molecule has 0 aliphatic rings. The largest absolute Gasteiger partial charge is 0.383 e. The van der Waals surface area contributed by atoms with Crippen LogP contribution in [0.2, 0.25) is 0 Å². The van der Waals surface area contributed by atoms with Crippen molar-refractivity contribution in [1.82, 2.24) is 19.9 Å². The van der Waals surface area contributed by atoms with E-state index in [2.05, 4.69) is 25.3 Å². The molecule has 2 aromatic heterocycles. The van der Waals surface area contributed by atoms with Crippen molar-refractivity contribution in [3.63, 3.8) is 0 Å². The van der Waals surface area contributed by atoms with Crippen LogP contribution in [0.1, 0.15) is 5.69 Å². The molecular weight excluding hydrogens is 296 g/mol. The van der Waals surface area contributed by atoms with Crippen LogP contribution in [0, 0.1) is 17.0 Å². The predicted molar refractivity (Wildman–Crippen MR) is 77.9 cm³/mol. The van der Waals surface area contributed by atoms with E-state index < -0.39 is 4.92 Å². The normalized spacial score (nSPS) is 10.4. The predicted octanol–water partition coefficient (Wildman–Crippen LogP) is 0.841. The molecule has 2 aromatic rings. The number of nitro groups is 1. The minimum absolute atomic E-state index is 0.113. The molecule has 110 valence electrons. The average molecular weight is 308 g/mol. The topological polar surface area (TPSA) is 159 Å². The minimum Gasteiger partial charge on any atom is -0.383 e. The fourth-order valence-corrected chi connectivity index (χ4v) is 2.45. The Kier molecular flexibility index (Phi) is 4.03. The lowest BCUT2D eigenvalue weighted by Crippen LogP contribution is -2.05. The zero-order valence-corrected chi connectivity index (χ0v) is 12.0. The zero-order chi connectivity index (χ0) is 15.6. The molecule has 5 N–H and O–H groups in total. The third kappa shape index (κ3) is 3.25. The number of aryl methyl sites for hydroxylation is 1. The van der Waals surface area contributed by atoms with Gasteiger partial charge in [0.25, 0.3) is 0 Å². The summed E-state index contributed by atoms with van der Waals surface area (Å²) >= 11 is 0.900. The number of nitrogens with zero attached hydrogens (tertiary/aromatic N) is 5. The molecule has 0 aliphatic carbocycles. The zero-order valence-electron chi connectivity index (χ0n) is 11.2. The number of aromatic nitrogens is 4. The first-order valence-corrected chi connectivity index (χ1v) is 6.51. The lowest BCUT2D eigenvalue weighted by Gasteiger charge is -2.06. The van der Waals surface area contributed by atoms with Gasteiger partial charge in [0.2, 0.25) is 5.95 Å². The third-order valence-corrected chi connectivity index (χ3v) is 3.21. The maximum atomic E-state index is 11.2. The lowest BCUT2D eigenvalue weighted by atomic mass is 10.4. The van der Waals surface area contributed by atoms with E-state index in [1.165, 1.54) is 13.0 Å². The fraction of sp³-hybridized carbons (Fsp3) is 0.200. The number of hydrogen-bond donors (Lipinski definition) is 3. The van der Waals surface area contributed by atoms with Crippen LogP contribution in [-0.4, -0.2) is 31.9 Å². The summed E-state index contributed by atoms with van der Waals surface area (Å²) in [6, 6.07) is 1.39. The molecule has 0 bridgehead atoms. The van der Waals surface area contributed by atoms with Crippen LogP contribution >= 0.6 is 11.8 Å². The second kappa shape index (κ2) is 5.75. The van der Waals surface area contributed by atoms with Gasteiger partial charge in [0.05, 0.1) is 4.92 Å². The summed E-state index contributed by atoms with van der Waals surface area (Å²) in [7, 11) is 1.62. The highest BCUT2D eigenvalue weighted by Crippen LogP contribution is 2.34. The number of nitrogens with two attached hydrogens (primary N) is 2. The van der Waals surface area contributed by atoms with E-state index in [1.54, 1.807) is 7.05 Å². The summed E-state index contributed by atoms with van der Waals surface area (Å²) in [4.78, 5) is 26.6. The van der Waals surface area contributed by atoms with Gasteiger partial charge in [-0.2, -0.15) is 4.98 Å². The van der Waals surface area contributed by atoms with Gasteiger partial charge in [-0.05, 0) is 18.7 Å². The second-order valence-corrected chi connectivity index (χ2v) is 4.85. The van der Waals surface area contributed by atoms with E-state index in [1.807, 2.05) is 0 Å². The Labute approximate surface area is 123 Å². The van der Waals surface area contributed by atoms with Gasteiger partial charge in [-0.3, -0.25) is 10.1 Å². The highest BCUT2D eigenvalue weighted by molar-refractivity contribution is 7.99. The molecule has 0 aromatic carbocycles. The van der Waals surface area contributed by atoms with Gasteiger partial charge in [0.15, 0.2) is 10.2 Å². The molecule has 0 unspecified atom stereocenters. The molecule has 2 rings (SSSR count). The molecule has 0 spiro atoms. The molecule has 0 radical (unpaired) electrons. The third-order valence-electron chi connectivity index (χ3n) is 2.37. The van der Waals surface area contributed by atoms with Gasteiger partial charge in [-0.1, -0.05) is 0 Å². The summed E-state index contributed by atoms with van der Waals surface area (Å²) < 4.78 is 0. The maximum Gasteiger partial charge on any atom is 0.322 e. The number of rotatable bonds is 4. The quantitative estimate of drug-likeness (QED) is 0.319. The Morgan fingerprint density at radius 3 is 2.38 bits per heavy atom. The van der Waals surface area contributed by atoms with Gasteiger partial charge < -0.3 is 16.8 Å². The van der Waals surface area contributed by atoms with E-state index in [4.69, 9.17) is 11.5 Å². The molecule has 0 saturated carbocycles. The SMILES string of the molecule is CNc1nc(C)c([N+](=O)[O-])c(Sc2nc(N)cc(N)n2)n1. The molecule has 0 aliphatic heterocycles. The van der Waals surface area contributed by atoms with E-state index >= 15 is 0 Å². The summed E-state index contributed by atoms with van der Waals surface area (Å²) in [5.74, 6) is 0.608. The van der Waals surface area contributed by atoms with Crippen molar-refractivity contribution in [2.75, 3.05) is 23.8 Å². The van der Waals surface area contributed by atoms with E-state index in [0.717, 1.165) is 11.8 Å². The Balaban J connectivity index is 2.51. The number of anilines is 3. The molecular formula is C10H12N8O2S. The first kappa shape index (κ1) is 14.7. The summed E-state index contributed by atoms with van der Waals surface area (Å²) in [6.45, 7) is 1.53. The number of nitrogen functional groups attached to an aromatic ring is 2. The fourth-order valence-electron chi connectivity index (χ4n) is 1.53. The highest BCUT2D eigenvalue weighted by atomic mass is 32.2. The van der Waals surface area contributed by atoms with Crippen LogP contribution in [-0.2, 0) is 0 Å². The number of hydrogen-bond acceptors (Lipinski definition) is 10. The molecule has 0 atom stereocenters. The second-order valence-electron chi connectivity index (χ2n) is 3.90. The van der Waals surface area contributed by atoms with Crippen molar-refractivity contribution in [2.24, 2.45) is 0 Å². The van der Waals surface area contributed by atoms with Gasteiger partial charge in [0.1, 0.15) is 17.3 Å². The van der Waals surface area contributed by atoms with Gasteiger partial charge in [-0.15, -0.1) is 0 Å². The number of nitrogens with one attached hydrogen (secondary N) is 1. The first-order valence-electron chi connectivity index (χ1n) is 5.69. The van der Waals surface area contributed by atoms with Crippen molar-refractivity contribution in [2.45, 2.75) is 17.1 Å². The molecule has 2 heterocycles. The first-order chi connectivity index (χ1) is 9.90. The summed E-state index contributed by atoms with van der Waals surface area (Å²) in [5, 5.41) is 14.2. The molecule has 0 amide bonds. The molecule has 10 nitrogen and oxygen atoms in total. The van der Waals surface area contributed by atoms with Crippen LogP contribution in [0.25, 0.3) is 0 Å². The lowest BCUT2D eigenvalue weighted by molar-refractivity contribution is -0.389. The average Bonchev–Trinajstić information content (AvgIpc) is 2.36. The Morgan fingerprint density at radius 2 is 1.86 bits per heavy atom. The van der Waals surface area contributed by atoms with Crippen LogP contribution in [0.5, 0.6) is 0 Å². The van der Waals surface area contributed by atoms with Crippen LogP contribution in [0.3, 0.4) is 0 Å². The molecule has 21 heavy (non-hydrogen) atoms. The van der Waals surface area contributed by atoms with Crippen molar-refractivity contribution >= 4 is 35.0 Å². The van der Waals surface area contributed by atoms with Crippen LogP contribution in [0.4, 0.5) is 23.3 Å². The Hall–Kier alpha value is -2.69. The Bertz CT molecular complexity index is 687. The smallest absolute Gasteiger partial charge is 0.322 e. The Morgan fingerprint density at radius 1 is 1.24 bits per heavy atom. The van der Waals surface area contributed by atoms with Crippen LogP contribution in [0.15, 0.2) is 16.2 Å². The van der Waals surface area contributed by atoms with E-state index in [0.29, 0.717) is 0 Å². The maximum absolute atomic E-state index is 11.2. The van der Waals surface area contributed by atoms with E-state index in [9.17, 15) is 10.1 Å². The van der Waals surface area contributed by atoms with E-state index in [-0.39, 0.29) is 39.1 Å². The van der Waals surface area contributed by atoms with Gasteiger partial charge >= 0.3 is 5.69 Å². The summed E-state index contributed by atoms with van der Waals surface area (Å²) in [6.07, 6.45) is 0.